The van der Waals surface area contributed by atoms with Gasteiger partial charge in [0.1, 0.15) is 11.2 Å². The predicted molar refractivity (Wildman–Crippen MR) is 317 cm³/mol. The van der Waals surface area contributed by atoms with Crippen LogP contribution in [0.3, 0.4) is 0 Å². The van der Waals surface area contributed by atoms with E-state index in [0.29, 0.717) is 17.5 Å². The predicted octanol–water partition coefficient (Wildman–Crippen LogP) is 19.2. The van der Waals surface area contributed by atoms with Crippen molar-refractivity contribution in [2.24, 2.45) is 0 Å². The Morgan fingerprint density at radius 3 is 1.57 bits per heavy atom. The maximum Gasteiger partial charge on any atom is 0.164 e. The third-order valence-corrected chi connectivity index (χ3v) is 17.9. The number of hydrogen-bond donors (Lipinski definition) is 0. The Bertz CT molecular complexity index is 4780. The molecule has 0 saturated heterocycles. The highest BCUT2D eigenvalue weighted by Gasteiger charge is 2.46. The summed E-state index contributed by atoms with van der Waals surface area (Å²) < 4.78 is 11.6. The van der Waals surface area contributed by atoms with Crippen LogP contribution in [0, 0.1) is 0 Å². The summed E-state index contributed by atoms with van der Waals surface area (Å²) in [6.45, 7) is 0. The Morgan fingerprint density at radius 1 is 0.289 bits per heavy atom. The summed E-state index contributed by atoms with van der Waals surface area (Å²) in [6, 6.07) is 90.0. The topological polar surface area (TPSA) is 51.8 Å². The lowest BCUT2D eigenvalue weighted by Crippen LogP contribution is -2.28. The van der Waals surface area contributed by atoms with E-state index >= 15 is 0 Å². The largest absolute Gasteiger partial charge is 0.456 e. The van der Waals surface area contributed by atoms with Gasteiger partial charge in [-0.3, -0.25) is 0 Å². The molecule has 0 spiro atoms. The van der Waals surface area contributed by atoms with Crippen molar-refractivity contribution in [2.75, 3.05) is 0 Å². The molecule has 11 aromatic carbocycles. The van der Waals surface area contributed by atoms with E-state index < -0.39 is 5.41 Å². The van der Waals surface area contributed by atoms with Crippen LogP contribution in [0.5, 0.6) is 0 Å². The van der Waals surface area contributed by atoms with Crippen molar-refractivity contribution >= 4 is 85.0 Å². The fourth-order valence-corrected chi connectivity index (χ4v) is 14.5. The molecule has 0 bridgehead atoms. The first-order chi connectivity index (χ1) is 37.6. The molecule has 0 fully saturated rings. The fourth-order valence-electron chi connectivity index (χ4n) is 12.2. The van der Waals surface area contributed by atoms with Crippen LogP contribution in [0.15, 0.2) is 253 Å². The maximum absolute atomic E-state index is 6.66. The molecule has 0 unspecified atom stereocenters. The van der Waals surface area contributed by atoms with E-state index in [1.54, 1.807) is 11.3 Å². The number of benzene rings is 11. The molecule has 0 N–H and O–H groups in total. The molecule has 4 heterocycles. The SMILES string of the molecule is c1ccc(C2(c3ccccc3)c3ccccc3-c3ccc(-c4ccc(-c5ccc6oc7cccc(-c8nc(-c9ccc%10sc%11ccccc%11c%10c9)nc(-c9cccc%10sc%11ccccc%11c9%10)n8)c7c6c5)cc4)cc32)cc1. The van der Waals surface area contributed by atoms with Crippen LogP contribution < -0.4 is 0 Å². The van der Waals surface area contributed by atoms with Crippen LogP contribution in [-0.4, -0.2) is 15.0 Å². The Balaban J connectivity index is 0.825. The van der Waals surface area contributed by atoms with Crippen molar-refractivity contribution < 1.29 is 4.42 Å². The molecule has 4 aromatic heterocycles. The van der Waals surface area contributed by atoms with Crippen LogP contribution >= 0.6 is 22.7 Å². The summed E-state index contributed by atoms with van der Waals surface area (Å²) in [4.78, 5) is 16.1. The quantitative estimate of drug-likeness (QED) is 0.160. The van der Waals surface area contributed by atoms with Gasteiger partial charge < -0.3 is 4.42 Å². The lowest BCUT2D eigenvalue weighted by Gasteiger charge is -2.34. The summed E-state index contributed by atoms with van der Waals surface area (Å²) in [5, 5.41) is 6.75. The highest BCUT2D eigenvalue weighted by Crippen LogP contribution is 2.57. The Labute approximate surface area is 445 Å². The number of thiophene rings is 2. The second kappa shape index (κ2) is 16.8. The van der Waals surface area contributed by atoms with Crippen molar-refractivity contribution in [2.45, 2.75) is 5.41 Å². The summed E-state index contributed by atoms with van der Waals surface area (Å²) in [5.41, 5.74) is 16.2. The van der Waals surface area contributed by atoms with E-state index in [1.807, 2.05) is 23.5 Å². The highest BCUT2D eigenvalue weighted by atomic mass is 32.1. The van der Waals surface area contributed by atoms with Crippen molar-refractivity contribution in [1.82, 2.24) is 15.0 Å². The number of rotatable bonds is 7. The summed E-state index contributed by atoms with van der Waals surface area (Å²) in [6.07, 6.45) is 0. The van der Waals surface area contributed by atoms with Gasteiger partial charge in [0.15, 0.2) is 17.5 Å². The zero-order chi connectivity index (χ0) is 49.9. The van der Waals surface area contributed by atoms with Crippen molar-refractivity contribution in [3.63, 3.8) is 0 Å². The Morgan fingerprint density at radius 2 is 0.803 bits per heavy atom. The Hall–Kier alpha value is -9.33. The monoisotopic (exact) mass is 1000 g/mol. The lowest BCUT2D eigenvalue weighted by atomic mass is 9.67. The number of hydrogen-bond acceptors (Lipinski definition) is 6. The van der Waals surface area contributed by atoms with Gasteiger partial charge in [0, 0.05) is 67.8 Å². The van der Waals surface area contributed by atoms with E-state index in [0.717, 1.165) is 60.7 Å². The average molecular weight is 1000 g/mol. The molecule has 76 heavy (non-hydrogen) atoms. The van der Waals surface area contributed by atoms with E-state index in [9.17, 15) is 0 Å². The molecule has 1 aliphatic rings. The second-order valence-corrected chi connectivity index (χ2v) is 21.9. The van der Waals surface area contributed by atoms with E-state index in [-0.39, 0.29) is 0 Å². The smallest absolute Gasteiger partial charge is 0.164 e. The second-order valence-electron chi connectivity index (χ2n) is 19.7. The molecule has 354 valence electrons. The molecular weight excluding hydrogens is 963 g/mol. The molecular formula is C70H41N3OS2. The number of nitrogens with zero attached hydrogens (tertiary/aromatic N) is 3. The van der Waals surface area contributed by atoms with E-state index in [2.05, 4.69) is 237 Å². The number of aromatic nitrogens is 3. The summed E-state index contributed by atoms with van der Waals surface area (Å²) in [5.74, 6) is 1.85. The van der Waals surface area contributed by atoms with Crippen LogP contribution in [0.1, 0.15) is 22.3 Å². The van der Waals surface area contributed by atoms with Crippen LogP contribution in [0.2, 0.25) is 0 Å². The van der Waals surface area contributed by atoms with Crippen LogP contribution in [-0.2, 0) is 5.41 Å². The minimum absolute atomic E-state index is 0.461. The summed E-state index contributed by atoms with van der Waals surface area (Å²) in [7, 11) is 0. The third-order valence-electron chi connectivity index (χ3n) is 15.7. The van der Waals surface area contributed by atoms with Gasteiger partial charge in [0.25, 0.3) is 0 Å². The van der Waals surface area contributed by atoms with Gasteiger partial charge in [0.05, 0.1) is 5.41 Å². The van der Waals surface area contributed by atoms with Crippen molar-refractivity contribution in [3.8, 4) is 67.5 Å². The summed E-state index contributed by atoms with van der Waals surface area (Å²) >= 11 is 3.61. The number of fused-ring (bicyclic) bond motifs is 12. The first kappa shape index (κ1) is 43.1. The highest BCUT2D eigenvalue weighted by molar-refractivity contribution is 7.26. The zero-order valence-electron chi connectivity index (χ0n) is 40.7. The minimum Gasteiger partial charge on any atom is -0.456 e. The molecule has 6 heteroatoms. The van der Waals surface area contributed by atoms with Gasteiger partial charge in [-0.05, 0) is 116 Å². The molecule has 0 radical (unpaired) electrons. The molecule has 1 aliphatic carbocycles. The van der Waals surface area contributed by atoms with E-state index in [4.69, 9.17) is 19.4 Å². The van der Waals surface area contributed by atoms with Gasteiger partial charge in [-0.2, -0.15) is 0 Å². The van der Waals surface area contributed by atoms with Gasteiger partial charge in [-0.1, -0.05) is 188 Å². The van der Waals surface area contributed by atoms with Gasteiger partial charge in [0.2, 0.25) is 0 Å². The molecule has 0 atom stereocenters. The zero-order valence-corrected chi connectivity index (χ0v) is 42.4. The van der Waals surface area contributed by atoms with Crippen LogP contribution in [0.25, 0.3) is 130 Å². The maximum atomic E-state index is 6.66. The fraction of sp³-hybridized carbons (Fsp3) is 0.0143. The van der Waals surface area contributed by atoms with Gasteiger partial charge >= 0.3 is 0 Å². The average Bonchev–Trinajstić information content (AvgIpc) is 4.27. The van der Waals surface area contributed by atoms with Crippen LogP contribution in [0.4, 0.5) is 0 Å². The number of furan rings is 1. The molecule has 4 nitrogen and oxygen atoms in total. The first-order valence-corrected chi connectivity index (χ1v) is 27.3. The molecule has 0 amide bonds. The van der Waals surface area contributed by atoms with Crippen molar-refractivity contribution in [3.05, 3.63) is 271 Å². The molecule has 16 rings (SSSR count). The van der Waals surface area contributed by atoms with Gasteiger partial charge in [-0.25, -0.2) is 15.0 Å². The Kier molecular flexibility index (Phi) is 9.56. The standard InChI is InChI=1S/C70H41N3OS2/c1-3-15-47(16-4-1)70(48-17-5-2-6-18-48)57-24-10-7-19-49(57)50-36-33-45(41-58(50)70)43-31-29-42(30-32-43)44-34-37-59-56(39-44)65-53(22-13-25-60(65)74-59)68-71-67(46-35-38-63-55(40-46)51-20-8-11-26-61(51)75-63)72-69(73-68)54-23-14-28-64-66(54)52-21-9-12-27-62(52)76-64/h1-41H. The lowest BCUT2D eigenvalue weighted by molar-refractivity contribution is 0.669. The molecule has 0 aliphatic heterocycles. The van der Waals surface area contributed by atoms with Crippen molar-refractivity contribution in [1.29, 1.82) is 0 Å². The van der Waals surface area contributed by atoms with Gasteiger partial charge in [-0.15, -0.1) is 22.7 Å². The van der Waals surface area contributed by atoms with E-state index in [1.165, 1.54) is 73.9 Å². The third kappa shape index (κ3) is 6.51. The molecule has 15 aromatic rings. The normalized spacial score (nSPS) is 12.8. The first-order valence-electron chi connectivity index (χ1n) is 25.6. The molecule has 0 saturated carbocycles. The minimum atomic E-state index is -0.461.